The molecule has 1 aromatic heterocycles. The van der Waals surface area contributed by atoms with Crippen molar-refractivity contribution in [3.8, 4) is 17.2 Å². The average molecular weight is 401 g/mol. The fraction of sp³-hybridized carbons (Fsp3) is 0.200. The Bertz CT molecular complexity index is 955. The van der Waals surface area contributed by atoms with Crippen molar-refractivity contribution in [2.75, 3.05) is 19.5 Å². The molecule has 3 aromatic rings. The van der Waals surface area contributed by atoms with Crippen LogP contribution < -0.4 is 14.8 Å². The van der Waals surface area contributed by atoms with Crippen LogP contribution in [0.3, 0.4) is 0 Å². The third-order valence-electron chi connectivity index (χ3n) is 3.96. The second-order valence-corrected chi connectivity index (χ2v) is 7.22. The van der Waals surface area contributed by atoms with Crippen LogP contribution in [0.2, 0.25) is 0 Å². The fourth-order valence-electron chi connectivity index (χ4n) is 2.53. The van der Waals surface area contributed by atoms with Crippen molar-refractivity contribution >= 4 is 23.4 Å². The summed E-state index contributed by atoms with van der Waals surface area (Å²) in [5.41, 5.74) is 1.22. The van der Waals surface area contributed by atoms with Crippen LogP contribution in [0.1, 0.15) is 6.92 Å². The predicted octanol–water partition coefficient (Wildman–Crippen LogP) is 4.15. The van der Waals surface area contributed by atoms with Crippen LogP contribution >= 0.6 is 11.8 Å². The number of carbonyl (C=O) groups is 1. The molecular weight excluding hydrogens is 381 g/mol. The molecule has 0 aliphatic heterocycles. The minimum absolute atomic E-state index is 0.200. The summed E-state index contributed by atoms with van der Waals surface area (Å²) < 4.78 is 25.7. The first kappa shape index (κ1) is 19.8. The van der Waals surface area contributed by atoms with Crippen molar-refractivity contribution in [2.24, 2.45) is 0 Å². The number of imidazole rings is 1. The molecule has 0 radical (unpaired) electrons. The Labute approximate surface area is 166 Å². The van der Waals surface area contributed by atoms with E-state index in [-0.39, 0.29) is 11.7 Å². The highest BCUT2D eigenvalue weighted by atomic mass is 32.2. The first-order valence-electron chi connectivity index (χ1n) is 8.50. The van der Waals surface area contributed by atoms with E-state index >= 15 is 0 Å². The van der Waals surface area contributed by atoms with Crippen LogP contribution in [0.5, 0.6) is 11.5 Å². The van der Waals surface area contributed by atoms with Crippen LogP contribution in [0, 0.1) is 5.82 Å². The summed E-state index contributed by atoms with van der Waals surface area (Å²) in [5, 5.41) is 3.01. The van der Waals surface area contributed by atoms with E-state index in [1.807, 2.05) is 0 Å². The van der Waals surface area contributed by atoms with Gasteiger partial charge >= 0.3 is 0 Å². The number of hydrogen-bond donors (Lipinski definition) is 1. The van der Waals surface area contributed by atoms with Gasteiger partial charge in [-0.3, -0.25) is 9.36 Å². The van der Waals surface area contributed by atoms with Gasteiger partial charge in [0.25, 0.3) is 0 Å². The molecule has 1 atom stereocenters. The topological polar surface area (TPSA) is 65.4 Å². The summed E-state index contributed by atoms with van der Waals surface area (Å²) in [7, 11) is 3.09. The number of amides is 1. The minimum atomic E-state index is -0.438. The molecule has 6 nitrogen and oxygen atoms in total. The maximum Gasteiger partial charge on any atom is 0.237 e. The molecule has 0 bridgehead atoms. The summed E-state index contributed by atoms with van der Waals surface area (Å²) in [5.74, 6) is 0.627. The second-order valence-electron chi connectivity index (χ2n) is 5.91. The normalized spacial score (nSPS) is 11.7. The molecule has 0 saturated carbocycles. The number of methoxy groups -OCH3 is 2. The van der Waals surface area contributed by atoms with Gasteiger partial charge in [-0.15, -0.1) is 0 Å². The van der Waals surface area contributed by atoms with Crippen LogP contribution in [0.25, 0.3) is 5.69 Å². The molecule has 0 fully saturated rings. The molecule has 0 spiro atoms. The monoisotopic (exact) mass is 401 g/mol. The number of hydrogen-bond acceptors (Lipinski definition) is 5. The van der Waals surface area contributed by atoms with Crippen molar-refractivity contribution in [3.63, 3.8) is 0 Å². The Hall–Kier alpha value is -3.00. The number of anilines is 1. The molecular formula is C20H20FN3O3S. The van der Waals surface area contributed by atoms with Gasteiger partial charge in [0.05, 0.1) is 25.2 Å². The van der Waals surface area contributed by atoms with E-state index in [1.54, 1.807) is 68.4 Å². The third-order valence-corrected chi connectivity index (χ3v) is 5.04. The maximum atomic E-state index is 13.5. The minimum Gasteiger partial charge on any atom is -0.497 e. The van der Waals surface area contributed by atoms with Gasteiger partial charge in [0.15, 0.2) is 5.16 Å². The Morgan fingerprint density at radius 1 is 1.18 bits per heavy atom. The number of aromatic nitrogens is 2. The van der Waals surface area contributed by atoms with Crippen LogP contribution in [0.4, 0.5) is 10.1 Å². The molecule has 0 aliphatic rings. The number of nitrogens with one attached hydrogen (secondary N) is 1. The van der Waals surface area contributed by atoms with E-state index in [0.717, 1.165) is 0 Å². The third kappa shape index (κ3) is 4.64. The Morgan fingerprint density at radius 2 is 1.89 bits per heavy atom. The summed E-state index contributed by atoms with van der Waals surface area (Å²) in [4.78, 5) is 16.9. The molecule has 8 heteroatoms. The van der Waals surface area contributed by atoms with E-state index < -0.39 is 5.25 Å². The standard InChI is InChI=1S/C20H20FN3O3S/c1-13(19(25)23-15-10-17(26-2)12-18(11-15)27-3)28-20-22-7-8-24(20)16-6-4-5-14(21)9-16/h4-13H,1-3H3,(H,23,25)/t13-/m1/s1. The Kier molecular flexibility index (Phi) is 6.20. The Balaban J connectivity index is 1.73. The van der Waals surface area contributed by atoms with Crippen molar-refractivity contribution in [2.45, 2.75) is 17.3 Å². The molecule has 1 N–H and O–H groups in total. The van der Waals surface area contributed by atoms with E-state index in [9.17, 15) is 9.18 Å². The molecule has 0 aliphatic carbocycles. The van der Waals surface area contributed by atoms with Gasteiger partial charge in [-0.1, -0.05) is 17.8 Å². The zero-order valence-corrected chi connectivity index (χ0v) is 16.5. The van der Waals surface area contributed by atoms with Crippen LogP contribution in [0.15, 0.2) is 60.0 Å². The zero-order chi connectivity index (χ0) is 20.1. The molecule has 28 heavy (non-hydrogen) atoms. The number of nitrogens with zero attached hydrogens (tertiary/aromatic N) is 2. The van der Waals surface area contributed by atoms with E-state index in [0.29, 0.717) is 28.0 Å². The first-order chi connectivity index (χ1) is 13.5. The van der Waals surface area contributed by atoms with Crippen LogP contribution in [-0.4, -0.2) is 34.9 Å². The lowest BCUT2D eigenvalue weighted by molar-refractivity contribution is -0.115. The van der Waals surface area contributed by atoms with Gasteiger partial charge in [0.1, 0.15) is 17.3 Å². The number of rotatable bonds is 7. The predicted molar refractivity (Wildman–Crippen MR) is 107 cm³/mol. The van der Waals surface area contributed by atoms with Crippen molar-refractivity contribution in [1.82, 2.24) is 9.55 Å². The molecule has 3 rings (SSSR count). The van der Waals surface area contributed by atoms with E-state index in [1.165, 1.54) is 23.9 Å². The molecule has 0 unspecified atom stereocenters. The second kappa shape index (κ2) is 8.79. The van der Waals surface area contributed by atoms with Gasteiger partial charge in [-0.2, -0.15) is 0 Å². The SMILES string of the molecule is COc1cc(NC(=O)[C@@H](C)Sc2nccn2-c2cccc(F)c2)cc(OC)c1. The number of halogens is 1. The lowest BCUT2D eigenvalue weighted by Gasteiger charge is -2.14. The molecule has 1 amide bonds. The molecule has 0 saturated heterocycles. The summed E-state index contributed by atoms with van der Waals surface area (Å²) >= 11 is 1.28. The van der Waals surface area contributed by atoms with Gasteiger partial charge in [-0.05, 0) is 25.1 Å². The highest BCUT2D eigenvalue weighted by Gasteiger charge is 2.18. The average Bonchev–Trinajstić information content (AvgIpc) is 3.15. The van der Waals surface area contributed by atoms with Crippen molar-refractivity contribution in [1.29, 1.82) is 0 Å². The van der Waals surface area contributed by atoms with Gasteiger partial charge in [0, 0.05) is 36.3 Å². The van der Waals surface area contributed by atoms with E-state index in [2.05, 4.69) is 10.3 Å². The fourth-order valence-corrected chi connectivity index (χ4v) is 3.42. The Morgan fingerprint density at radius 3 is 2.54 bits per heavy atom. The quantitative estimate of drug-likeness (QED) is 0.603. The first-order valence-corrected chi connectivity index (χ1v) is 9.38. The number of carbonyl (C=O) groups excluding carboxylic acids is 1. The molecule has 1 heterocycles. The lowest BCUT2D eigenvalue weighted by Crippen LogP contribution is -2.22. The number of ether oxygens (including phenoxy) is 2. The number of thioether (sulfide) groups is 1. The van der Waals surface area contributed by atoms with Crippen molar-refractivity contribution < 1.29 is 18.7 Å². The van der Waals surface area contributed by atoms with E-state index in [4.69, 9.17) is 9.47 Å². The van der Waals surface area contributed by atoms with Crippen molar-refractivity contribution in [3.05, 3.63) is 60.7 Å². The highest BCUT2D eigenvalue weighted by molar-refractivity contribution is 8.00. The molecule has 146 valence electrons. The summed E-state index contributed by atoms with van der Waals surface area (Å²) in [6.07, 6.45) is 3.35. The van der Waals surface area contributed by atoms with Gasteiger partial charge in [0.2, 0.25) is 5.91 Å². The largest absolute Gasteiger partial charge is 0.497 e. The highest BCUT2D eigenvalue weighted by Crippen LogP contribution is 2.28. The van der Waals surface area contributed by atoms with Gasteiger partial charge in [-0.25, -0.2) is 9.37 Å². The van der Waals surface area contributed by atoms with Gasteiger partial charge < -0.3 is 14.8 Å². The van der Waals surface area contributed by atoms with Crippen LogP contribution in [-0.2, 0) is 4.79 Å². The summed E-state index contributed by atoms with van der Waals surface area (Å²) in [6.45, 7) is 1.78. The number of benzene rings is 2. The molecule has 2 aromatic carbocycles. The zero-order valence-electron chi connectivity index (χ0n) is 15.7. The smallest absolute Gasteiger partial charge is 0.237 e. The lowest BCUT2D eigenvalue weighted by atomic mass is 10.2. The maximum absolute atomic E-state index is 13.5. The summed E-state index contributed by atoms with van der Waals surface area (Å²) in [6, 6.07) is 11.4.